The van der Waals surface area contributed by atoms with E-state index in [-0.39, 0.29) is 0 Å². The smallest absolute Gasteiger partial charge is 0.113 e. The lowest BCUT2D eigenvalue weighted by molar-refractivity contribution is 0.976. The van der Waals surface area contributed by atoms with Crippen molar-refractivity contribution in [1.82, 2.24) is 19.5 Å². The minimum Gasteiger partial charge on any atom is -0.302 e. The zero-order chi connectivity index (χ0) is 11.8. The summed E-state index contributed by atoms with van der Waals surface area (Å²) in [6.45, 7) is 1.96. The third kappa shape index (κ3) is 1.72. The van der Waals surface area contributed by atoms with Gasteiger partial charge in [0.1, 0.15) is 11.3 Å². The van der Waals surface area contributed by atoms with Gasteiger partial charge in [-0.1, -0.05) is 0 Å². The zero-order valence-electron chi connectivity index (χ0n) is 9.13. The molecular weight excluding hydrogens is 280 g/mol. The number of rotatable bonds is 1. The molecule has 0 amide bonds. The minimum atomic E-state index is 0.866. The number of hydrogen-bond acceptors (Lipinski definition) is 3. The maximum absolute atomic E-state index is 4.42. The Morgan fingerprint density at radius 3 is 2.82 bits per heavy atom. The Labute approximate surface area is 106 Å². The van der Waals surface area contributed by atoms with E-state index in [1.807, 2.05) is 29.8 Å². The molecule has 0 saturated heterocycles. The Kier molecular flexibility index (Phi) is 2.40. The van der Waals surface area contributed by atoms with Crippen molar-refractivity contribution in [2.45, 2.75) is 6.92 Å². The normalized spacial score (nSPS) is 10.9. The maximum Gasteiger partial charge on any atom is 0.113 e. The van der Waals surface area contributed by atoms with E-state index in [9.17, 15) is 0 Å². The molecule has 0 N–H and O–H groups in total. The summed E-state index contributed by atoms with van der Waals surface area (Å²) in [6.07, 6.45) is 7.26. The van der Waals surface area contributed by atoms with Crippen LogP contribution < -0.4 is 0 Å². The summed E-state index contributed by atoms with van der Waals surface area (Å²) in [5, 5.41) is 0. The van der Waals surface area contributed by atoms with Crippen LogP contribution in [0.1, 0.15) is 5.82 Å². The molecule has 0 spiro atoms. The van der Waals surface area contributed by atoms with Gasteiger partial charge in [-0.15, -0.1) is 0 Å². The van der Waals surface area contributed by atoms with Gasteiger partial charge >= 0.3 is 0 Å². The summed E-state index contributed by atoms with van der Waals surface area (Å²) in [6, 6.07) is 3.90. The van der Waals surface area contributed by atoms with Crippen LogP contribution in [0.2, 0.25) is 0 Å². The fraction of sp³-hybridized carbons (Fsp3) is 0.0833. The van der Waals surface area contributed by atoms with Crippen LogP contribution in [-0.4, -0.2) is 19.5 Å². The maximum atomic E-state index is 4.42. The number of pyridine rings is 2. The van der Waals surface area contributed by atoms with Gasteiger partial charge in [0.2, 0.25) is 0 Å². The first-order valence-electron chi connectivity index (χ1n) is 5.16. The standard InChI is InChI=1S/C12H9BrN4/c1-8-14-4-5-17(8)11-2-3-15-10-6-9(13)7-16-12(10)11/h2-7H,1H3. The molecule has 0 bridgehead atoms. The Balaban J connectivity index is 2.34. The van der Waals surface area contributed by atoms with E-state index in [1.54, 1.807) is 18.6 Å². The van der Waals surface area contributed by atoms with Crippen LogP contribution in [0.15, 0.2) is 41.4 Å². The van der Waals surface area contributed by atoms with Crippen LogP contribution in [-0.2, 0) is 0 Å². The molecular formula is C12H9BrN4. The average molecular weight is 289 g/mol. The van der Waals surface area contributed by atoms with E-state index in [0.717, 1.165) is 27.0 Å². The summed E-state index contributed by atoms with van der Waals surface area (Å²) < 4.78 is 2.93. The Hall–Kier alpha value is -1.75. The van der Waals surface area contributed by atoms with E-state index >= 15 is 0 Å². The molecule has 17 heavy (non-hydrogen) atoms. The van der Waals surface area contributed by atoms with Gasteiger partial charge in [-0.3, -0.25) is 9.97 Å². The molecule has 5 heteroatoms. The second kappa shape index (κ2) is 3.92. The van der Waals surface area contributed by atoms with Gasteiger partial charge in [0.05, 0.1) is 11.2 Å². The van der Waals surface area contributed by atoms with E-state index < -0.39 is 0 Å². The van der Waals surface area contributed by atoms with Gasteiger partial charge in [0.25, 0.3) is 0 Å². The molecule has 4 nitrogen and oxygen atoms in total. The van der Waals surface area contributed by atoms with Crippen molar-refractivity contribution in [2.75, 3.05) is 0 Å². The van der Waals surface area contributed by atoms with Crippen LogP contribution in [0.25, 0.3) is 16.7 Å². The van der Waals surface area contributed by atoms with Gasteiger partial charge in [0.15, 0.2) is 0 Å². The molecule has 0 aliphatic carbocycles. The van der Waals surface area contributed by atoms with Crippen molar-refractivity contribution in [3.63, 3.8) is 0 Å². The zero-order valence-corrected chi connectivity index (χ0v) is 10.7. The van der Waals surface area contributed by atoms with Crippen LogP contribution >= 0.6 is 15.9 Å². The molecule has 0 fully saturated rings. The number of nitrogens with zero attached hydrogens (tertiary/aromatic N) is 4. The van der Waals surface area contributed by atoms with Crippen LogP contribution in [0.4, 0.5) is 0 Å². The first-order chi connectivity index (χ1) is 8.25. The van der Waals surface area contributed by atoms with Crippen LogP contribution in [0, 0.1) is 6.92 Å². The third-order valence-electron chi connectivity index (χ3n) is 2.61. The second-order valence-electron chi connectivity index (χ2n) is 3.70. The summed E-state index contributed by atoms with van der Waals surface area (Å²) in [5.41, 5.74) is 2.74. The molecule has 0 atom stereocenters. The molecule has 0 aliphatic rings. The predicted molar refractivity (Wildman–Crippen MR) is 69.1 cm³/mol. The number of halogens is 1. The summed E-state index contributed by atoms with van der Waals surface area (Å²) >= 11 is 3.40. The highest BCUT2D eigenvalue weighted by atomic mass is 79.9. The first-order valence-corrected chi connectivity index (χ1v) is 5.95. The number of imidazole rings is 1. The molecule has 0 aliphatic heterocycles. The summed E-state index contributed by atoms with van der Waals surface area (Å²) in [5.74, 6) is 0.933. The van der Waals surface area contributed by atoms with Gasteiger partial charge in [0, 0.05) is 29.3 Å². The van der Waals surface area contributed by atoms with E-state index in [0.29, 0.717) is 0 Å². The average Bonchev–Trinajstić information content (AvgIpc) is 2.74. The SMILES string of the molecule is Cc1nccn1-c1ccnc2cc(Br)cnc12. The number of hydrogen-bond donors (Lipinski definition) is 0. The van der Waals surface area contributed by atoms with Crippen molar-refractivity contribution in [3.8, 4) is 5.69 Å². The highest BCUT2D eigenvalue weighted by Crippen LogP contribution is 2.21. The predicted octanol–water partition coefficient (Wildman–Crippen LogP) is 2.89. The lowest BCUT2D eigenvalue weighted by Crippen LogP contribution is -1.98. The fourth-order valence-electron chi connectivity index (χ4n) is 1.82. The monoisotopic (exact) mass is 288 g/mol. The van der Waals surface area contributed by atoms with Gasteiger partial charge in [-0.05, 0) is 35.0 Å². The molecule has 84 valence electrons. The topological polar surface area (TPSA) is 43.6 Å². The van der Waals surface area contributed by atoms with Crippen molar-refractivity contribution in [3.05, 3.63) is 47.2 Å². The fourth-order valence-corrected chi connectivity index (χ4v) is 2.14. The van der Waals surface area contributed by atoms with Crippen molar-refractivity contribution in [2.24, 2.45) is 0 Å². The Morgan fingerprint density at radius 2 is 2.06 bits per heavy atom. The first kappa shape index (κ1) is 10.4. The Morgan fingerprint density at radius 1 is 1.18 bits per heavy atom. The molecule has 3 rings (SSSR count). The van der Waals surface area contributed by atoms with Crippen LogP contribution in [0.3, 0.4) is 0 Å². The molecule has 3 aromatic rings. The Bertz CT molecular complexity index is 690. The molecule has 0 saturated carbocycles. The highest BCUT2D eigenvalue weighted by molar-refractivity contribution is 9.10. The van der Waals surface area contributed by atoms with Crippen molar-refractivity contribution >= 4 is 27.0 Å². The number of aromatic nitrogens is 4. The highest BCUT2D eigenvalue weighted by Gasteiger charge is 2.07. The lowest BCUT2D eigenvalue weighted by atomic mass is 10.3. The van der Waals surface area contributed by atoms with Gasteiger partial charge in [-0.25, -0.2) is 4.98 Å². The van der Waals surface area contributed by atoms with Gasteiger partial charge < -0.3 is 4.57 Å². The largest absolute Gasteiger partial charge is 0.302 e. The minimum absolute atomic E-state index is 0.866. The van der Waals surface area contributed by atoms with E-state index in [2.05, 4.69) is 30.9 Å². The molecule has 3 aromatic heterocycles. The summed E-state index contributed by atoms with van der Waals surface area (Å²) in [4.78, 5) is 13.0. The van der Waals surface area contributed by atoms with E-state index in [1.165, 1.54) is 0 Å². The number of aryl methyl sites for hydroxylation is 1. The number of fused-ring (bicyclic) bond motifs is 1. The quantitative estimate of drug-likeness (QED) is 0.692. The second-order valence-corrected chi connectivity index (χ2v) is 4.61. The summed E-state index contributed by atoms with van der Waals surface area (Å²) in [7, 11) is 0. The molecule has 0 radical (unpaired) electrons. The van der Waals surface area contributed by atoms with Gasteiger partial charge in [-0.2, -0.15) is 0 Å². The molecule has 0 aromatic carbocycles. The van der Waals surface area contributed by atoms with Crippen molar-refractivity contribution < 1.29 is 0 Å². The molecule has 0 unspecified atom stereocenters. The van der Waals surface area contributed by atoms with Crippen molar-refractivity contribution in [1.29, 1.82) is 0 Å². The van der Waals surface area contributed by atoms with Crippen LogP contribution in [0.5, 0.6) is 0 Å². The van der Waals surface area contributed by atoms with E-state index in [4.69, 9.17) is 0 Å². The third-order valence-corrected chi connectivity index (χ3v) is 3.04. The molecule has 3 heterocycles. The lowest BCUT2D eigenvalue weighted by Gasteiger charge is -2.07.